The number of nitrogens with zero attached hydrogens (tertiary/aromatic N) is 4. The highest BCUT2D eigenvalue weighted by Gasteiger charge is 2.42. The molecular weight excluding hydrogens is 519 g/mol. The second-order valence-electron chi connectivity index (χ2n) is 9.35. The first kappa shape index (κ1) is 26.8. The number of benzene rings is 2. The van der Waals surface area contributed by atoms with Gasteiger partial charge in [-0.15, -0.1) is 0 Å². The van der Waals surface area contributed by atoms with Gasteiger partial charge in [0.05, 0.1) is 43.1 Å². The van der Waals surface area contributed by atoms with Crippen molar-refractivity contribution in [2.75, 3.05) is 44.8 Å². The molecule has 3 aliphatic heterocycles. The van der Waals surface area contributed by atoms with E-state index < -0.39 is 17.8 Å². The van der Waals surface area contributed by atoms with Gasteiger partial charge in [-0.3, -0.25) is 4.79 Å². The summed E-state index contributed by atoms with van der Waals surface area (Å²) < 4.78 is 26.0. The van der Waals surface area contributed by atoms with Crippen LogP contribution in [0, 0.1) is 5.82 Å². The summed E-state index contributed by atoms with van der Waals surface area (Å²) in [5.41, 5.74) is 2.78. The lowest BCUT2D eigenvalue weighted by Crippen LogP contribution is -2.49. The molecule has 1 saturated heterocycles. The lowest BCUT2D eigenvalue weighted by atomic mass is 9.93. The van der Waals surface area contributed by atoms with Crippen molar-refractivity contribution in [3.63, 3.8) is 0 Å². The molecule has 0 aliphatic carbocycles. The minimum absolute atomic E-state index is 0.0287. The van der Waals surface area contributed by atoms with Crippen molar-refractivity contribution in [1.82, 2.24) is 9.80 Å². The summed E-state index contributed by atoms with van der Waals surface area (Å²) in [6.07, 6.45) is 0.112. The molecule has 0 saturated carbocycles. The van der Waals surface area contributed by atoms with Gasteiger partial charge >= 0.3 is 5.97 Å². The van der Waals surface area contributed by atoms with E-state index in [0.717, 1.165) is 11.4 Å². The zero-order valence-corrected chi connectivity index (χ0v) is 23.0. The molecule has 39 heavy (non-hydrogen) atoms. The molecule has 2 aromatic rings. The topological polar surface area (TPSA) is 74.7 Å². The van der Waals surface area contributed by atoms with Gasteiger partial charge in [0.25, 0.3) is 0 Å². The van der Waals surface area contributed by atoms with Gasteiger partial charge in [0.1, 0.15) is 11.6 Å². The molecule has 0 spiro atoms. The molecule has 0 N–H and O–H groups in total. The molecule has 0 aromatic heterocycles. The Balaban J connectivity index is 1.35. The summed E-state index contributed by atoms with van der Waals surface area (Å²) in [5.74, 6) is -0.198. The number of thioether (sulfide) groups is 1. The summed E-state index contributed by atoms with van der Waals surface area (Å²) in [6, 6.07) is 13.5. The van der Waals surface area contributed by atoms with Crippen LogP contribution in [0.1, 0.15) is 31.9 Å². The Morgan fingerprint density at radius 1 is 1.08 bits per heavy atom. The molecule has 10 heteroatoms. The molecule has 204 valence electrons. The van der Waals surface area contributed by atoms with Crippen molar-refractivity contribution in [2.24, 2.45) is 4.99 Å². The number of amides is 1. The van der Waals surface area contributed by atoms with Gasteiger partial charge < -0.3 is 24.2 Å². The highest BCUT2D eigenvalue weighted by Crippen LogP contribution is 2.45. The maximum absolute atomic E-state index is 15.1. The van der Waals surface area contributed by atoms with Crippen molar-refractivity contribution in [3.8, 4) is 5.75 Å². The first-order valence-electron chi connectivity index (χ1n) is 12.9. The fraction of sp³-hybridized carbons (Fsp3) is 0.345. The Hall–Kier alpha value is -3.79. The summed E-state index contributed by atoms with van der Waals surface area (Å²) in [4.78, 5) is 37.0. The highest BCUT2D eigenvalue weighted by molar-refractivity contribution is 8.16. The van der Waals surface area contributed by atoms with Crippen LogP contribution in [0.5, 0.6) is 5.75 Å². The maximum atomic E-state index is 15.1. The number of esters is 1. The molecular formula is C29H31FN4O4S. The Morgan fingerprint density at radius 2 is 1.79 bits per heavy atom. The molecule has 0 radical (unpaired) electrons. The monoisotopic (exact) mass is 550 g/mol. The third-order valence-electron chi connectivity index (χ3n) is 7.09. The average molecular weight is 551 g/mol. The van der Waals surface area contributed by atoms with Crippen LogP contribution in [-0.2, 0) is 14.3 Å². The van der Waals surface area contributed by atoms with Crippen LogP contribution in [-0.4, -0.2) is 66.7 Å². The zero-order valence-electron chi connectivity index (χ0n) is 22.2. The zero-order chi connectivity index (χ0) is 27.5. The number of hydrogen-bond donors (Lipinski definition) is 0. The van der Waals surface area contributed by atoms with E-state index in [1.165, 1.54) is 17.8 Å². The van der Waals surface area contributed by atoms with E-state index in [9.17, 15) is 9.59 Å². The van der Waals surface area contributed by atoms with E-state index in [1.54, 1.807) is 39.2 Å². The number of amidine groups is 1. The fourth-order valence-electron chi connectivity index (χ4n) is 5.19. The second kappa shape index (κ2) is 11.5. The number of carbonyl (C=O) groups is 2. The first-order chi connectivity index (χ1) is 18.9. The third-order valence-corrected chi connectivity index (χ3v) is 7.98. The Labute approximate surface area is 231 Å². The summed E-state index contributed by atoms with van der Waals surface area (Å²) >= 11 is 1.37. The van der Waals surface area contributed by atoms with Crippen LogP contribution in [0.25, 0.3) is 0 Å². The van der Waals surface area contributed by atoms with E-state index in [1.807, 2.05) is 39.5 Å². The summed E-state index contributed by atoms with van der Waals surface area (Å²) in [5, 5.41) is 2.48. The Bertz CT molecular complexity index is 1370. The molecule has 1 atom stereocenters. The quantitative estimate of drug-likeness (QED) is 0.462. The average Bonchev–Trinajstić information content (AvgIpc) is 3.34. The van der Waals surface area contributed by atoms with Crippen molar-refractivity contribution in [2.45, 2.75) is 26.3 Å². The maximum Gasteiger partial charge on any atom is 0.338 e. The predicted octanol–water partition coefficient (Wildman–Crippen LogP) is 4.71. The summed E-state index contributed by atoms with van der Waals surface area (Å²) in [6.45, 7) is 6.16. The van der Waals surface area contributed by atoms with Crippen LogP contribution in [0.15, 0.2) is 75.9 Å². The molecule has 3 aliphatic rings. The van der Waals surface area contributed by atoms with E-state index >= 15 is 4.39 Å². The second-order valence-corrected chi connectivity index (χ2v) is 10.2. The van der Waals surface area contributed by atoms with E-state index in [4.69, 9.17) is 9.47 Å². The number of rotatable bonds is 7. The molecule has 0 bridgehead atoms. The molecule has 1 unspecified atom stereocenters. The number of methoxy groups -OCH3 is 1. The van der Waals surface area contributed by atoms with Gasteiger partial charge in [0, 0.05) is 37.4 Å². The molecule has 2 aromatic carbocycles. The number of aliphatic imine (C=N–C) groups is 1. The van der Waals surface area contributed by atoms with Crippen LogP contribution < -0.4 is 9.64 Å². The van der Waals surface area contributed by atoms with Crippen LogP contribution in [0.4, 0.5) is 10.1 Å². The van der Waals surface area contributed by atoms with Crippen LogP contribution >= 0.6 is 11.8 Å². The molecule has 1 fully saturated rings. The van der Waals surface area contributed by atoms with E-state index in [2.05, 4.69) is 9.89 Å². The van der Waals surface area contributed by atoms with Gasteiger partial charge in [0.15, 0.2) is 5.17 Å². The Morgan fingerprint density at radius 3 is 2.51 bits per heavy atom. The van der Waals surface area contributed by atoms with Gasteiger partial charge in [-0.2, -0.15) is 0 Å². The predicted molar refractivity (Wildman–Crippen MR) is 150 cm³/mol. The van der Waals surface area contributed by atoms with Gasteiger partial charge in [0.2, 0.25) is 5.91 Å². The third kappa shape index (κ3) is 5.25. The van der Waals surface area contributed by atoms with Crippen molar-refractivity contribution in [1.29, 1.82) is 0 Å². The first-order valence-corrected chi connectivity index (χ1v) is 13.8. The normalized spacial score (nSPS) is 19.0. The molecule has 8 nitrogen and oxygen atoms in total. The van der Waals surface area contributed by atoms with Gasteiger partial charge in [-0.25, -0.2) is 14.2 Å². The van der Waals surface area contributed by atoms with Crippen molar-refractivity contribution >= 4 is 34.5 Å². The lowest BCUT2D eigenvalue weighted by molar-refractivity contribution is -0.139. The van der Waals surface area contributed by atoms with Crippen molar-refractivity contribution < 1.29 is 23.5 Å². The molecule has 1 amide bonds. The number of carbonyl (C=O) groups excluding carboxylic acids is 2. The van der Waals surface area contributed by atoms with E-state index in [-0.39, 0.29) is 24.5 Å². The SMILES string of the molecule is CCOC(=O)C1=C(C)N=C2SC=C(CC(=O)N3CCN(c4ccccc4OC)CC3)N2C1c1ccccc1F. The van der Waals surface area contributed by atoms with Crippen LogP contribution in [0.2, 0.25) is 0 Å². The van der Waals surface area contributed by atoms with Crippen LogP contribution in [0.3, 0.4) is 0 Å². The Kier molecular flexibility index (Phi) is 7.92. The summed E-state index contributed by atoms with van der Waals surface area (Å²) in [7, 11) is 1.66. The minimum atomic E-state index is -0.783. The fourth-order valence-corrected chi connectivity index (χ4v) is 6.15. The smallest absolute Gasteiger partial charge is 0.338 e. The minimum Gasteiger partial charge on any atom is -0.495 e. The number of halogens is 1. The number of piperazine rings is 1. The largest absolute Gasteiger partial charge is 0.495 e. The lowest BCUT2D eigenvalue weighted by Gasteiger charge is -2.38. The number of para-hydroxylation sites is 2. The number of ether oxygens (including phenoxy) is 2. The van der Waals surface area contributed by atoms with Gasteiger partial charge in [-0.1, -0.05) is 42.1 Å². The number of fused-ring (bicyclic) bond motifs is 1. The van der Waals surface area contributed by atoms with Gasteiger partial charge in [-0.05, 0) is 37.5 Å². The number of allylic oxidation sites excluding steroid dienone is 1. The standard InChI is InChI=1S/C29H31FN4O4S/c1-4-38-28(36)26-19(2)31-29-34(27(26)21-9-5-6-10-22(21)30)20(18-39-29)17-25(35)33-15-13-32(14-16-33)23-11-7-8-12-24(23)37-3/h5-12,18,27H,4,13-17H2,1-3H3. The number of anilines is 1. The van der Waals surface area contributed by atoms with Crippen molar-refractivity contribution in [3.05, 3.63) is 82.3 Å². The molecule has 5 rings (SSSR count). The highest BCUT2D eigenvalue weighted by atomic mass is 32.2. The number of hydrogen-bond acceptors (Lipinski definition) is 8. The van der Waals surface area contributed by atoms with E-state index in [0.29, 0.717) is 48.3 Å². The molecule has 3 heterocycles.